The third kappa shape index (κ3) is 4.96. The molecule has 0 unspecified atom stereocenters. The van der Waals surface area contributed by atoms with Crippen molar-refractivity contribution in [3.63, 3.8) is 0 Å². The van der Waals surface area contributed by atoms with Gasteiger partial charge >= 0.3 is 0 Å². The molecule has 0 saturated heterocycles. The molecule has 4 heteroatoms. The summed E-state index contributed by atoms with van der Waals surface area (Å²) in [6.45, 7) is 0. The van der Waals surface area contributed by atoms with Gasteiger partial charge in [0.05, 0.1) is 5.41 Å². The third-order valence-electron chi connectivity index (χ3n) is 13.0. The number of fused-ring (bicyclic) bond motifs is 13. The first kappa shape index (κ1) is 35.0. The van der Waals surface area contributed by atoms with Crippen LogP contribution in [0.4, 0.5) is 0 Å². The standard InChI is InChI=1S/C58H35N3S/c1-2-18-36(19-3-1)55-59-56(45-25-6-4-20-37(45)42-28-17-35-52-53(42)47-27-11-15-34-51(47)62-52)61-57(60-55)46-26-7-5-21-38(46)43-29-16-30-44-41-24-10-14-33-50(41)58(54(43)44)48-31-12-8-22-39(48)40-23-9-13-32-49(40)58/h1-35H. The lowest BCUT2D eigenvalue weighted by Crippen LogP contribution is -2.26. The normalized spacial score (nSPS) is 13.0. The average Bonchev–Trinajstić information content (AvgIpc) is 3.99. The maximum Gasteiger partial charge on any atom is 0.164 e. The van der Waals surface area contributed by atoms with Gasteiger partial charge in [-0.2, -0.15) is 0 Å². The predicted octanol–water partition coefficient (Wildman–Crippen LogP) is 14.9. The third-order valence-corrected chi connectivity index (χ3v) is 14.1. The van der Waals surface area contributed by atoms with E-state index in [1.807, 2.05) is 29.5 Å². The van der Waals surface area contributed by atoms with E-state index in [9.17, 15) is 0 Å². The zero-order valence-electron chi connectivity index (χ0n) is 33.5. The van der Waals surface area contributed by atoms with E-state index in [4.69, 9.17) is 15.0 Å². The number of thiophene rings is 1. The summed E-state index contributed by atoms with van der Waals surface area (Å²) in [4.78, 5) is 16.1. The lowest BCUT2D eigenvalue weighted by Gasteiger charge is -2.32. The fraction of sp³-hybridized carbons (Fsp3) is 0.0172. The molecule has 3 nitrogen and oxygen atoms in total. The average molecular weight is 806 g/mol. The Bertz CT molecular complexity index is 3540. The van der Waals surface area contributed by atoms with E-state index >= 15 is 0 Å². The van der Waals surface area contributed by atoms with Crippen molar-refractivity contribution in [2.45, 2.75) is 5.41 Å². The quantitative estimate of drug-likeness (QED) is 0.174. The van der Waals surface area contributed by atoms with Crippen LogP contribution in [-0.4, -0.2) is 15.0 Å². The molecule has 2 aliphatic carbocycles. The van der Waals surface area contributed by atoms with Gasteiger partial charge in [-0.15, -0.1) is 11.3 Å². The van der Waals surface area contributed by atoms with Crippen LogP contribution in [0, 0.1) is 0 Å². The molecule has 1 spiro atoms. The highest BCUT2D eigenvalue weighted by molar-refractivity contribution is 7.25. The molecule has 0 fully saturated rings. The second-order valence-corrected chi connectivity index (χ2v) is 17.2. The SMILES string of the molecule is c1ccc(-c2nc(-c3ccccc3-c3cccc4c3C3(c5ccccc5-c5ccccc53)c3ccccc3-4)nc(-c3ccccc3-c3cccc4sc5ccccc5c34)n2)cc1. The van der Waals surface area contributed by atoms with Gasteiger partial charge in [0.1, 0.15) is 0 Å². The first-order valence-electron chi connectivity index (χ1n) is 21.1. The van der Waals surface area contributed by atoms with Crippen LogP contribution < -0.4 is 0 Å². The van der Waals surface area contributed by atoms with Crippen LogP contribution in [0.1, 0.15) is 22.3 Å². The van der Waals surface area contributed by atoms with Gasteiger partial charge in [0.15, 0.2) is 17.5 Å². The lowest BCUT2D eigenvalue weighted by molar-refractivity contribution is 0.796. The molecule has 11 aromatic rings. The summed E-state index contributed by atoms with van der Waals surface area (Å²) in [7, 11) is 0. The van der Waals surface area contributed by atoms with Crippen molar-refractivity contribution in [3.8, 4) is 78.7 Å². The second kappa shape index (κ2) is 13.6. The molecule has 2 heterocycles. The zero-order chi connectivity index (χ0) is 40.8. The number of hydrogen-bond acceptors (Lipinski definition) is 4. The predicted molar refractivity (Wildman–Crippen MR) is 256 cm³/mol. The van der Waals surface area contributed by atoms with Gasteiger partial charge < -0.3 is 0 Å². The molecule has 0 amide bonds. The highest BCUT2D eigenvalue weighted by Crippen LogP contribution is 2.64. The van der Waals surface area contributed by atoms with E-state index in [2.05, 4.69) is 194 Å². The van der Waals surface area contributed by atoms with Gasteiger partial charge in [0, 0.05) is 36.9 Å². The Labute approximate surface area is 363 Å². The molecule has 2 aliphatic rings. The molecule has 0 saturated carbocycles. The molecule has 13 rings (SSSR count). The number of rotatable bonds is 5. The molecule has 0 N–H and O–H groups in total. The van der Waals surface area contributed by atoms with E-state index in [1.54, 1.807) is 0 Å². The first-order valence-corrected chi connectivity index (χ1v) is 21.9. The largest absolute Gasteiger partial charge is 0.208 e. The van der Waals surface area contributed by atoms with Crippen molar-refractivity contribution in [3.05, 3.63) is 235 Å². The summed E-state index contributed by atoms with van der Waals surface area (Å²) < 4.78 is 2.54. The van der Waals surface area contributed by atoms with Crippen molar-refractivity contribution in [2.24, 2.45) is 0 Å². The Morgan fingerprint density at radius 3 is 1.32 bits per heavy atom. The van der Waals surface area contributed by atoms with E-state index in [0.29, 0.717) is 17.5 Å². The van der Waals surface area contributed by atoms with Gasteiger partial charge in [-0.3, -0.25) is 0 Å². The van der Waals surface area contributed by atoms with Gasteiger partial charge in [0.25, 0.3) is 0 Å². The fourth-order valence-corrected chi connectivity index (χ4v) is 11.7. The molecule has 0 atom stereocenters. The number of aromatic nitrogens is 3. The summed E-state index contributed by atoms with van der Waals surface area (Å²) in [6.07, 6.45) is 0. The summed E-state index contributed by atoms with van der Waals surface area (Å²) in [5.41, 5.74) is 17.2. The number of hydrogen-bond donors (Lipinski definition) is 0. The molecule has 288 valence electrons. The first-order chi connectivity index (χ1) is 30.8. The highest BCUT2D eigenvalue weighted by atomic mass is 32.1. The molecule has 9 aromatic carbocycles. The minimum atomic E-state index is -0.506. The van der Waals surface area contributed by atoms with Crippen molar-refractivity contribution in [1.82, 2.24) is 15.0 Å². The Morgan fingerprint density at radius 2 is 0.694 bits per heavy atom. The minimum Gasteiger partial charge on any atom is -0.208 e. The maximum absolute atomic E-state index is 5.48. The van der Waals surface area contributed by atoms with Crippen molar-refractivity contribution >= 4 is 31.5 Å². The maximum atomic E-state index is 5.48. The number of benzene rings is 9. The lowest BCUT2D eigenvalue weighted by atomic mass is 9.68. The summed E-state index contributed by atoms with van der Waals surface area (Å²) in [5, 5.41) is 2.52. The van der Waals surface area contributed by atoms with Crippen molar-refractivity contribution in [2.75, 3.05) is 0 Å². The van der Waals surface area contributed by atoms with Gasteiger partial charge in [-0.05, 0) is 78.9 Å². The second-order valence-electron chi connectivity index (χ2n) is 16.2. The molecular weight excluding hydrogens is 771 g/mol. The topological polar surface area (TPSA) is 38.7 Å². The summed E-state index contributed by atoms with van der Waals surface area (Å²) in [6, 6.07) is 76.7. The monoisotopic (exact) mass is 805 g/mol. The highest BCUT2D eigenvalue weighted by Gasteiger charge is 2.52. The van der Waals surface area contributed by atoms with E-state index in [-0.39, 0.29) is 0 Å². The molecular formula is C58H35N3S. The molecule has 0 bridgehead atoms. The molecule has 0 aliphatic heterocycles. The Hall–Kier alpha value is -7.79. The molecule has 0 radical (unpaired) electrons. The van der Waals surface area contributed by atoms with Crippen LogP contribution in [0.5, 0.6) is 0 Å². The number of nitrogens with zero attached hydrogens (tertiary/aromatic N) is 3. The fourth-order valence-electron chi connectivity index (χ4n) is 10.5. The van der Waals surface area contributed by atoms with Crippen LogP contribution in [0.3, 0.4) is 0 Å². The minimum absolute atomic E-state index is 0.506. The Kier molecular flexibility index (Phi) is 7.69. The van der Waals surface area contributed by atoms with E-state index in [1.165, 1.54) is 75.8 Å². The summed E-state index contributed by atoms with van der Waals surface area (Å²) in [5.74, 6) is 1.90. The smallest absolute Gasteiger partial charge is 0.164 e. The Morgan fingerprint density at radius 1 is 0.290 bits per heavy atom. The Balaban J connectivity index is 1.07. The van der Waals surface area contributed by atoms with Crippen LogP contribution in [-0.2, 0) is 5.41 Å². The van der Waals surface area contributed by atoms with Gasteiger partial charge in [0.2, 0.25) is 0 Å². The molecule has 62 heavy (non-hydrogen) atoms. The van der Waals surface area contributed by atoms with Crippen molar-refractivity contribution in [1.29, 1.82) is 0 Å². The zero-order valence-corrected chi connectivity index (χ0v) is 34.3. The van der Waals surface area contributed by atoms with Crippen LogP contribution in [0.15, 0.2) is 212 Å². The van der Waals surface area contributed by atoms with E-state index in [0.717, 1.165) is 27.8 Å². The van der Waals surface area contributed by atoms with Crippen LogP contribution in [0.25, 0.3) is 98.8 Å². The van der Waals surface area contributed by atoms with Gasteiger partial charge in [-0.1, -0.05) is 200 Å². The van der Waals surface area contributed by atoms with Crippen molar-refractivity contribution < 1.29 is 0 Å². The molecule has 2 aromatic heterocycles. The van der Waals surface area contributed by atoms with Crippen LogP contribution >= 0.6 is 11.3 Å². The van der Waals surface area contributed by atoms with Crippen LogP contribution in [0.2, 0.25) is 0 Å². The summed E-state index contributed by atoms with van der Waals surface area (Å²) >= 11 is 1.83. The van der Waals surface area contributed by atoms with E-state index < -0.39 is 5.41 Å². The van der Waals surface area contributed by atoms with Gasteiger partial charge in [-0.25, -0.2) is 15.0 Å².